The topological polar surface area (TPSA) is 20.2 Å². The molecule has 0 fully saturated rings. The molecule has 1 aliphatic carbocycles. The third-order valence-electron chi connectivity index (χ3n) is 4.03. The van der Waals surface area contributed by atoms with Crippen molar-refractivity contribution in [2.45, 2.75) is 32.6 Å². The Morgan fingerprint density at radius 2 is 1.90 bits per heavy atom. The molecule has 0 heterocycles. The highest BCUT2D eigenvalue weighted by Crippen LogP contribution is 2.37. The van der Waals surface area contributed by atoms with Crippen molar-refractivity contribution >= 4 is 11.6 Å². The number of phenols is 1. The second kappa shape index (κ2) is 5.54. The van der Waals surface area contributed by atoms with Crippen LogP contribution in [0.25, 0.3) is 11.6 Å². The molecule has 1 N–H and O–H groups in total. The van der Waals surface area contributed by atoms with E-state index in [1.807, 2.05) is 12.1 Å². The van der Waals surface area contributed by atoms with Gasteiger partial charge < -0.3 is 5.11 Å². The largest absolute Gasteiger partial charge is 0.507 e. The zero-order valence-electron chi connectivity index (χ0n) is 11.9. The number of aryl methyl sites for hydroxylation is 1. The first-order chi connectivity index (χ1) is 9.79. The Morgan fingerprint density at radius 3 is 2.70 bits per heavy atom. The van der Waals surface area contributed by atoms with Crippen molar-refractivity contribution in [2.75, 3.05) is 0 Å². The average Bonchev–Trinajstić information content (AvgIpc) is 2.90. The summed E-state index contributed by atoms with van der Waals surface area (Å²) in [6.07, 6.45) is 6.35. The fourth-order valence-corrected chi connectivity index (χ4v) is 2.87. The Hall–Kier alpha value is -2.02. The van der Waals surface area contributed by atoms with Crippen molar-refractivity contribution in [3.63, 3.8) is 0 Å². The van der Waals surface area contributed by atoms with Gasteiger partial charge in [-0.15, -0.1) is 0 Å². The minimum absolute atomic E-state index is 0.472. The molecule has 0 saturated carbocycles. The van der Waals surface area contributed by atoms with Gasteiger partial charge in [-0.3, -0.25) is 0 Å². The first-order valence-electron chi connectivity index (χ1n) is 7.39. The molecule has 0 bridgehead atoms. The van der Waals surface area contributed by atoms with E-state index >= 15 is 0 Å². The molecule has 0 aromatic heterocycles. The number of unbranched alkanes of at least 4 members (excludes halogenated alkanes) is 1. The van der Waals surface area contributed by atoms with Crippen LogP contribution in [-0.2, 0) is 12.8 Å². The summed E-state index contributed by atoms with van der Waals surface area (Å²) in [4.78, 5) is 0. The third-order valence-corrected chi connectivity index (χ3v) is 4.03. The van der Waals surface area contributed by atoms with Crippen molar-refractivity contribution in [3.8, 4) is 5.75 Å². The minimum atomic E-state index is 0.472. The molecule has 0 radical (unpaired) electrons. The van der Waals surface area contributed by atoms with Gasteiger partial charge in [-0.25, -0.2) is 0 Å². The number of rotatable bonds is 4. The number of benzene rings is 2. The fourth-order valence-electron chi connectivity index (χ4n) is 2.87. The van der Waals surface area contributed by atoms with Gasteiger partial charge in [0, 0.05) is 5.56 Å². The van der Waals surface area contributed by atoms with E-state index in [0.29, 0.717) is 5.75 Å². The van der Waals surface area contributed by atoms with Crippen LogP contribution >= 0.6 is 0 Å². The lowest BCUT2D eigenvalue weighted by molar-refractivity contribution is 0.465. The highest BCUT2D eigenvalue weighted by molar-refractivity contribution is 5.90. The van der Waals surface area contributed by atoms with Gasteiger partial charge in [0.1, 0.15) is 5.75 Å². The minimum Gasteiger partial charge on any atom is -0.507 e. The summed E-state index contributed by atoms with van der Waals surface area (Å²) in [6, 6.07) is 14.6. The van der Waals surface area contributed by atoms with E-state index in [9.17, 15) is 5.11 Å². The molecule has 0 spiro atoms. The van der Waals surface area contributed by atoms with Crippen molar-refractivity contribution in [3.05, 3.63) is 64.7 Å². The van der Waals surface area contributed by atoms with Gasteiger partial charge in [-0.2, -0.15) is 0 Å². The molecule has 20 heavy (non-hydrogen) atoms. The van der Waals surface area contributed by atoms with E-state index in [1.54, 1.807) is 0 Å². The molecule has 0 amide bonds. The smallest absolute Gasteiger partial charge is 0.126 e. The number of phenolic OH excluding ortho intramolecular Hbond substituents is 1. The van der Waals surface area contributed by atoms with Crippen molar-refractivity contribution in [1.82, 2.24) is 0 Å². The fraction of sp³-hybridized carbons (Fsp3) is 0.263. The molecule has 2 aromatic rings. The lowest BCUT2D eigenvalue weighted by Gasteiger charge is -2.10. The predicted molar refractivity (Wildman–Crippen MR) is 84.7 cm³/mol. The molecule has 1 nitrogen and oxygen atoms in total. The Labute approximate surface area is 120 Å². The van der Waals surface area contributed by atoms with Crippen molar-refractivity contribution in [2.24, 2.45) is 0 Å². The third kappa shape index (κ3) is 2.36. The van der Waals surface area contributed by atoms with E-state index in [-0.39, 0.29) is 0 Å². The Bertz CT molecular complexity index is 653. The maximum absolute atomic E-state index is 10.5. The van der Waals surface area contributed by atoms with Crippen LogP contribution in [0, 0.1) is 0 Å². The molecule has 2 aromatic carbocycles. The number of allylic oxidation sites excluding steroid dienone is 1. The Morgan fingerprint density at radius 1 is 1.05 bits per heavy atom. The first kappa shape index (κ1) is 13.0. The van der Waals surface area contributed by atoms with E-state index in [4.69, 9.17) is 0 Å². The molecular formula is C19H20O. The number of para-hydroxylation sites is 1. The summed E-state index contributed by atoms with van der Waals surface area (Å²) in [6.45, 7) is 2.18. The molecule has 3 rings (SSSR count). The maximum Gasteiger partial charge on any atom is 0.126 e. The Balaban J connectivity index is 1.93. The van der Waals surface area contributed by atoms with Crippen LogP contribution in [0.1, 0.15) is 42.0 Å². The molecule has 1 aliphatic rings. The molecule has 102 valence electrons. The molecule has 0 aliphatic heterocycles. The highest BCUT2D eigenvalue weighted by Gasteiger charge is 2.17. The summed E-state index contributed by atoms with van der Waals surface area (Å²) in [5.41, 5.74) is 5.92. The van der Waals surface area contributed by atoms with Crippen LogP contribution in [0.3, 0.4) is 0 Å². The van der Waals surface area contributed by atoms with E-state index in [0.717, 1.165) is 36.8 Å². The SMILES string of the molecule is CCCCc1cccc(C2=Cc3ccccc3C2)c1O. The van der Waals surface area contributed by atoms with Gasteiger partial charge in [0.15, 0.2) is 0 Å². The molecular weight excluding hydrogens is 244 g/mol. The van der Waals surface area contributed by atoms with Crippen LogP contribution in [0.2, 0.25) is 0 Å². The molecule has 0 unspecified atom stereocenters. The highest BCUT2D eigenvalue weighted by atomic mass is 16.3. The van der Waals surface area contributed by atoms with Crippen molar-refractivity contribution < 1.29 is 5.11 Å². The number of hydrogen-bond donors (Lipinski definition) is 1. The maximum atomic E-state index is 10.5. The van der Waals surface area contributed by atoms with E-state index in [1.165, 1.54) is 16.7 Å². The van der Waals surface area contributed by atoms with Gasteiger partial charge in [-0.05, 0) is 41.5 Å². The lowest BCUT2D eigenvalue weighted by Crippen LogP contribution is -1.92. The summed E-state index contributed by atoms with van der Waals surface area (Å²) in [7, 11) is 0. The van der Waals surface area contributed by atoms with Crippen LogP contribution in [-0.4, -0.2) is 5.11 Å². The van der Waals surface area contributed by atoms with Gasteiger partial charge in [-0.1, -0.05) is 61.9 Å². The average molecular weight is 264 g/mol. The monoisotopic (exact) mass is 264 g/mol. The summed E-state index contributed by atoms with van der Waals surface area (Å²) < 4.78 is 0. The molecule has 1 heteroatoms. The standard InChI is InChI=1S/C19H20O/c1-2-3-7-14-10-6-11-18(19(14)20)17-12-15-8-4-5-9-16(15)13-17/h4-6,8-12,20H,2-3,7,13H2,1H3. The second-order valence-corrected chi connectivity index (χ2v) is 5.46. The first-order valence-corrected chi connectivity index (χ1v) is 7.39. The van der Waals surface area contributed by atoms with Crippen LogP contribution in [0.4, 0.5) is 0 Å². The van der Waals surface area contributed by atoms with Crippen molar-refractivity contribution in [1.29, 1.82) is 0 Å². The second-order valence-electron chi connectivity index (χ2n) is 5.46. The number of aromatic hydroxyl groups is 1. The van der Waals surface area contributed by atoms with Gasteiger partial charge >= 0.3 is 0 Å². The van der Waals surface area contributed by atoms with Gasteiger partial charge in [0.2, 0.25) is 0 Å². The quantitative estimate of drug-likeness (QED) is 0.838. The number of fused-ring (bicyclic) bond motifs is 1. The van der Waals surface area contributed by atoms with Gasteiger partial charge in [0.05, 0.1) is 0 Å². The van der Waals surface area contributed by atoms with Gasteiger partial charge in [0.25, 0.3) is 0 Å². The van der Waals surface area contributed by atoms with Crippen LogP contribution in [0.15, 0.2) is 42.5 Å². The van der Waals surface area contributed by atoms with E-state index in [2.05, 4.69) is 43.3 Å². The van der Waals surface area contributed by atoms with Crippen LogP contribution < -0.4 is 0 Å². The summed E-state index contributed by atoms with van der Waals surface area (Å²) in [5.74, 6) is 0.472. The number of hydrogen-bond acceptors (Lipinski definition) is 1. The normalized spacial score (nSPS) is 13.2. The molecule has 0 saturated heterocycles. The predicted octanol–water partition coefficient (Wildman–Crippen LogP) is 4.83. The van der Waals surface area contributed by atoms with Crippen LogP contribution in [0.5, 0.6) is 5.75 Å². The summed E-state index contributed by atoms with van der Waals surface area (Å²) in [5, 5.41) is 10.5. The zero-order chi connectivity index (χ0) is 13.9. The molecule has 0 atom stereocenters. The zero-order valence-corrected chi connectivity index (χ0v) is 11.9. The Kier molecular flexibility index (Phi) is 3.60. The van der Waals surface area contributed by atoms with E-state index < -0.39 is 0 Å². The summed E-state index contributed by atoms with van der Waals surface area (Å²) >= 11 is 0. The lowest BCUT2D eigenvalue weighted by atomic mass is 9.97.